The van der Waals surface area contributed by atoms with Crippen LogP contribution in [-0.4, -0.2) is 351 Å². The van der Waals surface area contributed by atoms with Crippen molar-refractivity contribution in [2.45, 2.75) is 171 Å². The fourth-order valence-electron chi connectivity index (χ4n) is 9.94. The number of ether oxygens (including phenoxy) is 9. The van der Waals surface area contributed by atoms with Crippen molar-refractivity contribution in [2.24, 2.45) is 0 Å². The van der Waals surface area contributed by atoms with Crippen molar-refractivity contribution in [3.63, 3.8) is 0 Å². The van der Waals surface area contributed by atoms with Gasteiger partial charge in [0.2, 0.25) is 41.4 Å². The second kappa shape index (κ2) is 46.4. The second-order valence-electron chi connectivity index (χ2n) is 23.8. The van der Waals surface area contributed by atoms with Gasteiger partial charge in [-0.2, -0.15) is 0 Å². The molecule has 0 aromatic heterocycles. The number of unbranched alkanes of at least 4 members (excludes halogenated alkanes) is 3. The zero-order valence-corrected chi connectivity index (χ0v) is 57.2. The number of rotatable bonds is 48. The smallest absolute Gasteiger partial charge is 0.325 e. The lowest BCUT2D eigenvalue weighted by Crippen LogP contribution is -2.64. The SMILES string of the molecule is CC(=O)NC1C(OCCOCCNC(=O)CN(CCCN(CC(=O)NCCOCCOC2OC(CO)C(O)C(O)C2NC(C)=O)CC(=O)NCCOCCOC2OC(CO)C(O)C(O)C2NC(C)=O)CC(=O)NCCCCCCOP(O)(=S)OC(C)(C)C)OC(CO)C(O)C1O. The van der Waals surface area contributed by atoms with E-state index in [0.717, 1.165) is 0 Å². The van der Waals surface area contributed by atoms with Crippen molar-refractivity contribution in [3.05, 3.63) is 0 Å². The number of amides is 7. The fourth-order valence-corrected chi connectivity index (χ4v) is 11.9. The number of carbonyl (C=O) groups is 7. The molecular weight excluding hydrogens is 1320 g/mol. The third-order valence-corrected chi connectivity index (χ3v) is 16.3. The Morgan fingerprint density at radius 1 is 0.438 bits per heavy atom. The van der Waals surface area contributed by atoms with Gasteiger partial charge in [-0.1, -0.05) is 12.8 Å². The van der Waals surface area contributed by atoms with Gasteiger partial charge in [0.15, 0.2) is 18.9 Å². The zero-order valence-electron chi connectivity index (χ0n) is 55.5. The highest BCUT2D eigenvalue weighted by Crippen LogP contribution is 2.47. The Kier molecular flexibility index (Phi) is 41.7. The average Bonchev–Trinajstić information content (AvgIpc) is 0.828. The standard InChI is InChI=1S/C57H106N9O28PS/c1-35(70)62-45-51(80)48(77)38(32-67)91-54(45)87-25-22-84-19-13-59-42(74)29-65(28-41(73)58-12-9-7-8-10-18-90-95(83,96)94-57(4,5)6)16-11-17-66(30-43(75)60-14-20-85-23-26-88-55-46(63-36(2)71)52(81)49(78)39(33-68)92-55)31-44(76)61-15-21-86-24-27-89-56-47(64-37(3)72)53(82)50(79)40(34-69)93-56/h38-40,45-56,67-69,77-82H,7-34H2,1-6H3,(H,58,73)(H,59,74)(H,60,75)(H,61,76)(H,62,70)(H,63,71)(H,64,72)(H,83,96). The molecule has 0 aromatic rings. The fraction of sp³-hybridized carbons (Fsp3) is 0.877. The van der Waals surface area contributed by atoms with Crippen LogP contribution in [0.2, 0.25) is 0 Å². The maximum atomic E-state index is 13.4. The van der Waals surface area contributed by atoms with Crippen LogP contribution in [0.1, 0.15) is 73.6 Å². The highest BCUT2D eigenvalue weighted by molar-refractivity contribution is 8.07. The lowest BCUT2D eigenvalue weighted by atomic mass is 9.97. The highest BCUT2D eigenvalue weighted by Gasteiger charge is 2.48. The van der Waals surface area contributed by atoms with Gasteiger partial charge in [0.1, 0.15) is 73.1 Å². The maximum Gasteiger partial charge on any atom is 0.325 e. The van der Waals surface area contributed by atoms with Crippen LogP contribution in [0.3, 0.4) is 0 Å². The molecule has 16 unspecified atom stereocenters. The van der Waals surface area contributed by atoms with Crippen LogP contribution in [-0.2, 0) is 97.0 Å². The molecule has 96 heavy (non-hydrogen) atoms. The molecule has 3 heterocycles. The Bertz CT molecular complexity index is 2270. The largest absolute Gasteiger partial charge is 0.394 e. The summed E-state index contributed by atoms with van der Waals surface area (Å²) < 4.78 is 61.3. The first-order chi connectivity index (χ1) is 45.5. The van der Waals surface area contributed by atoms with Crippen LogP contribution in [0.15, 0.2) is 0 Å². The predicted molar refractivity (Wildman–Crippen MR) is 338 cm³/mol. The Labute approximate surface area is 563 Å². The minimum Gasteiger partial charge on any atom is -0.394 e. The Morgan fingerprint density at radius 2 is 0.750 bits per heavy atom. The lowest BCUT2D eigenvalue weighted by molar-refractivity contribution is -0.272. The van der Waals surface area contributed by atoms with E-state index in [9.17, 15) is 84.4 Å². The van der Waals surface area contributed by atoms with Crippen molar-refractivity contribution in [1.29, 1.82) is 0 Å². The molecule has 0 spiro atoms. The molecule has 3 saturated heterocycles. The summed E-state index contributed by atoms with van der Waals surface area (Å²) in [5.41, 5.74) is -0.681. The highest BCUT2D eigenvalue weighted by atomic mass is 32.5. The molecule has 3 fully saturated rings. The summed E-state index contributed by atoms with van der Waals surface area (Å²) in [4.78, 5) is 102. The Balaban J connectivity index is 1.62. The third-order valence-electron chi connectivity index (χ3n) is 14.4. The van der Waals surface area contributed by atoms with E-state index in [2.05, 4.69) is 37.2 Å². The summed E-state index contributed by atoms with van der Waals surface area (Å²) in [6.45, 7) is 2.80. The van der Waals surface area contributed by atoms with E-state index in [-0.39, 0.29) is 137 Å². The first kappa shape index (κ1) is 86.2. The summed E-state index contributed by atoms with van der Waals surface area (Å²) in [6, 6.07) is -3.47. The molecule has 3 rings (SSSR count). The molecule has 17 N–H and O–H groups in total. The number of aliphatic hydroxyl groups is 9. The van der Waals surface area contributed by atoms with E-state index in [1.54, 1.807) is 30.6 Å². The van der Waals surface area contributed by atoms with Gasteiger partial charge >= 0.3 is 6.72 Å². The quantitative estimate of drug-likeness (QED) is 0.0199. The van der Waals surface area contributed by atoms with Crippen LogP contribution in [0, 0.1) is 0 Å². The van der Waals surface area contributed by atoms with Gasteiger partial charge < -0.3 is 140 Å². The summed E-state index contributed by atoms with van der Waals surface area (Å²) >= 11 is 5.09. The van der Waals surface area contributed by atoms with Crippen molar-refractivity contribution >= 4 is 59.9 Å². The molecule has 0 saturated carbocycles. The zero-order chi connectivity index (χ0) is 71.4. The summed E-state index contributed by atoms with van der Waals surface area (Å²) in [5, 5.41) is 110. The lowest BCUT2D eigenvalue weighted by Gasteiger charge is -2.42. The topological polar surface area (TPSA) is 514 Å². The third kappa shape index (κ3) is 34.4. The summed E-state index contributed by atoms with van der Waals surface area (Å²) in [7, 11) is 0. The van der Waals surface area contributed by atoms with Gasteiger partial charge in [-0.3, -0.25) is 43.4 Å². The molecule has 16 atom stereocenters. The number of nitrogens with one attached hydrogen (secondary N) is 7. The van der Waals surface area contributed by atoms with Crippen molar-refractivity contribution in [3.8, 4) is 0 Å². The first-order valence-corrected chi connectivity index (χ1v) is 34.5. The van der Waals surface area contributed by atoms with E-state index in [1.807, 2.05) is 0 Å². The molecular formula is C57H106N9O28PS. The van der Waals surface area contributed by atoms with E-state index in [0.29, 0.717) is 32.2 Å². The van der Waals surface area contributed by atoms with Crippen LogP contribution in [0.5, 0.6) is 0 Å². The maximum absolute atomic E-state index is 13.4. The van der Waals surface area contributed by atoms with Gasteiger partial charge in [0, 0.05) is 60.0 Å². The molecule has 3 aliphatic heterocycles. The van der Waals surface area contributed by atoms with E-state index >= 15 is 0 Å². The van der Waals surface area contributed by atoms with Crippen molar-refractivity contribution in [1.82, 2.24) is 47.0 Å². The molecule has 3 aliphatic rings. The Hall–Kier alpha value is -3.98. The van der Waals surface area contributed by atoms with Crippen molar-refractivity contribution in [2.75, 3.05) is 151 Å². The minimum atomic E-state index is -3.41. The van der Waals surface area contributed by atoms with Gasteiger partial charge in [0.25, 0.3) is 0 Å². The first-order valence-electron chi connectivity index (χ1n) is 32.0. The summed E-state index contributed by atoms with van der Waals surface area (Å²) in [5.74, 6) is -3.45. The van der Waals surface area contributed by atoms with Crippen LogP contribution in [0.25, 0.3) is 0 Å². The van der Waals surface area contributed by atoms with E-state index in [4.69, 9.17) is 63.5 Å². The van der Waals surface area contributed by atoms with E-state index < -0.39 is 160 Å². The second-order valence-corrected chi connectivity index (χ2v) is 26.6. The molecule has 37 nitrogen and oxygen atoms in total. The normalized spacial score (nSPS) is 26.8. The molecule has 39 heteroatoms. The van der Waals surface area contributed by atoms with Crippen LogP contribution < -0.4 is 37.2 Å². The van der Waals surface area contributed by atoms with Crippen LogP contribution in [0.4, 0.5) is 0 Å². The molecule has 0 aromatic carbocycles. The van der Waals surface area contributed by atoms with Crippen molar-refractivity contribution < 1.29 is 136 Å². The molecule has 0 aliphatic carbocycles. The average molecular weight is 1430 g/mol. The number of hydrogen-bond acceptors (Lipinski definition) is 30. The number of hydrogen-bond donors (Lipinski definition) is 17. The molecule has 7 amide bonds. The van der Waals surface area contributed by atoms with E-state index in [1.165, 1.54) is 20.8 Å². The number of nitrogens with zero attached hydrogens (tertiary/aromatic N) is 2. The predicted octanol–water partition coefficient (Wildman–Crippen LogP) is -8.02. The molecule has 0 bridgehead atoms. The number of carbonyl (C=O) groups excluding carboxylic acids is 7. The molecule has 0 radical (unpaired) electrons. The Morgan fingerprint density at radius 3 is 1.05 bits per heavy atom. The minimum absolute atomic E-state index is 0.00748. The monoisotopic (exact) mass is 1430 g/mol. The van der Waals surface area contributed by atoms with Gasteiger partial charge in [-0.25, -0.2) is 0 Å². The van der Waals surface area contributed by atoms with Crippen LogP contribution >= 0.6 is 6.72 Å². The molecule has 558 valence electrons. The summed E-state index contributed by atoms with van der Waals surface area (Å²) in [6.07, 6.45) is -13.5. The van der Waals surface area contributed by atoms with Gasteiger partial charge in [-0.05, 0) is 51.8 Å². The number of aliphatic hydroxyl groups excluding tert-OH is 9. The van der Waals surface area contributed by atoms with Gasteiger partial charge in [-0.15, -0.1) is 0 Å². The van der Waals surface area contributed by atoms with Gasteiger partial charge in [0.05, 0.1) is 118 Å².